The van der Waals surface area contributed by atoms with Gasteiger partial charge in [0.2, 0.25) is 23.8 Å². The van der Waals surface area contributed by atoms with Gasteiger partial charge in [0, 0.05) is 56.8 Å². The number of nitrogens with two attached hydrogens (primary N) is 4. The highest BCUT2D eigenvalue weighted by Gasteiger charge is 2.39. The van der Waals surface area contributed by atoms with Gasteiger partial charge in [-0.3, -0.25) is 75.5 Å². The van der Waals surface area contributed by atoms with E-state index in [1.54, 1.807) is 68.5 Å². The molecular weight excluding hydrogens is 1690 g/mol. The van der Waals surface area contributed by atoms with Crippen molar-refractivity contribution in [2.75, 3.05) is 122 Å². The molecule has 12 aromatic rings. The number of hydrogen-bond acceptors (Lipinski definition) is 36. The minimum atomic E-state index is -3.43. The summed E-state index contributed by atoms with van der Waals surface area (Å²) >= 11 is 1.66. The number of nitrogen functional groups attached to an aromatic ring is 4. The summed E-state index contributed by atoms with van der Waals surface area (Å²) in [4.78, 5) is 90.5. The molecule has 648 valence electrons. The minimum Gasteiger partial charge on any atom is -0.496 e. The Kier molecular flexibility index (Phi) is 29.3. The Morgan fingerprint density at radius 3 is 0.967 bits per heavy atom. The van der Waals surface area contributed by atoms with Crippen molar-refractivity contribution in [2.45, 2.75) is 95.0 Å². The van der Waals surface area contributed by atoms with Gasteiger partial charge in [-0.15, -0.1) is 11.8 Å². The Morgan fingerprint density at radius 2 is 0.705 bits per heavy atom. The van der Waals surface area contributed by atoms with E-state index in [1.807, 2.05) is 80.8 Å². The summed E-state index contributed by atoms with van der Waals surface area (Å²) in [5.74, 6) is 1.60. The summed E-state index contributed by atoms with van der Waals surface area (Å²) in [7, 11) is -10.4. The van der Waals surface area contributed by atoms with E-state index in [9.17, 15) is 37.4 Å². The fourth-order valence-electron chi connectivity index (χ4n) is 13.2. The predicted octanol–water partition coefficient (Wildman–Crippen LogP) is 9.42. The molecule has 43 nitrogen and oxygen atoms in total. The lowest BCUT2D eigenvalue weighted by Crippen LogP contribution is -2.17. The molecule has 8 unspecified atom stereocenters. The Morgan fingerprint density at radius 1 is 0.434 bits per heavy atom. The number of hydrogen-bond donors (Lipinski definition) is 8. The van der Waals surface area contributed by atoms with Crippen molar-refractivity contribution in [3.8, 4) is 17.6 Å². The maximum Gasteiger partial charge on any atom is 0.356 e. The van der Waals surface area contributed by atoms with Crippen molar-refractivity contribution in [3.05, 3.63) is 191 Å². The van der Waals surface area contributed by atoms with Crippen molar-refractivity contribution >= 4 is 111 Å². The normalized spacial score (nSPS) is 21.5. The maximum absolute atomic E-state index is 13.0. The van der Waals surface area contributed by atoms with Crippen molar-refractivity contribution in [2.24, 2.45) is 0 Å². The zero-order chi connectivity index (χ0) is 86.3. The van der Waals surface area contributed by atoms with Crippen molar-refractivity contribution in [3.63, 3.8) is 0 Å². The maximum atomic E-state index is 13.0. The number of thioether (sulfide) groups is 1. The third kappa shape index (κ3) is 22.4. The van der Waals surface area contributed by atoms with Gasteiger partial charge in [-0.2, -0.15) is 25.2 Å². The number of nitrogens with one attached hydrogen (secondary N) is 4. The highest BCUT2D eigenvalue weighted by atomic mass is 32.2. The average Bonchev–Trinajstić information content (AvgIpc) is 1.38. The van der Waals surface area contributed by atoms with Gasteiger partial charge in [-0.25, -0.2) is 19.9 Å². The summed E-state index contributed by atoms with van der Waals surface area (Å²) in [6, 6.07) is 28.5. The molecule has 8 atom stereocenters. The number of rotatable bonds is 27. The number of benzene rings is 4. The largest absolute Gasteiger partial charge is 0.496 e. The second kappa shape index (κ2) is 40.1. The van der Waals surface area contributed by atoms with E-state index < -0.39 is 58.7 Å². The van der Waals surface area contributed by atoms with Gasteiger partial charge >= 0.3 is 30.4 Å². The summed E-state index contributed by atoms with van der Waals surface area (Å²) in [6.07, 6.45) is 8.21. The van der Waals surface area contributed by atoms with Crippen LogP contribution in [0.15, 0.2) is 134 Å². The summed E-state index contributed by atoms with van der Waals surface area (Å²) in [6.45, 7) is 7.28. The molecular formula is C74H89N21O22P4S. The predicted molar refractivity (Wildman–Crippen MR) is 446 cm³/mol. The number of anilines is 4. The van der Waals surface area contributed by atoms with Crippen LogP contribution in [0.2, 0.25) is 0 Å². The molecule has 12 N–H and O–H groups in total. The lowest BCUT2D eigenvalue weighted by atomic mass is 10.0. The van der Waals surface area contributed by atoms with Crippen LogP contribution < -0.4 is 54.6 Å². The molecule has 0 spiro atoms. The van der Waals surface area contributed by atoms with Gasteiger partial charge in [0.05, 0.1) is 128 Å². The van der Waals surface area contributed by atoms with E-state index in [0.29, 0.717) is 99.8 Å². The number of aromatic amines is 4. The van der Waals surface area contributed by atoms with E-state index in [-0.39, 0.29) is 123 Å². The third-order valence-electron chi connectivity index (χ3n) is 19.2. The van der Waals surface area contributed by atoms with Crippen LogP contribution in [0, 0.1) is 25.2 Å². The number of fused-ring (bicyclic) bond motifs is 4. The van der Waals surface area contributed by atoms with Gasteiger partial charge < -0.3 is 87.7 Å². The second-order valence-electron chi connectivity index (χ2n) is 27.7. The zero-order valence-electron chi connectivity index (χ0n) is 66.6. The van der Waals surface area contributed by atoms with Gasteiger partial charge in [0.1, 0.15) is 36.9 Å². The third-order valence-corrected chi connectivity index (χ3v) is 26.5. The molecule has 4 aliphatic heterocycles. The summed E-state index contributed by atoms with van der Waals surface area (Å²) < 4.78 is 136. The van der Waals surface area contributed by atoms with Crippen molar-refractivity contribution in [1.29, 1.82) is 5.26 Å². The van der Waals surface area contributed by atoms with Gasteiger partial charge in [0.25, 0.3) is 22.2 Å². The molecule has 0 radical (unpaired) electrons. The first-order valence-electron chi connectivity index (χ1n) is 38.0. The minimum absolute atomic E-state index is 0.00236. The Balaban J connectivity index is 0.000000140. The first-order valence-corrected chi connectivity index (χ1v) is 46.1. The van der Waals surface area contributed by atoms with Crippen LogP contribution in [-0.2, 0) is 99.6 Å². The number of imidazole rings is 4. The molecule has 48 heteroatoms. The van der Waals surface area contributed by atoms with Crippen molar-refractivity contribution in [1.82, 2.24) is 78.1 Å². The van der Waals surface area contributed by atoms with E-state index in [2.05, 4.69) is 65.9 Å². The van der Waals surface area contributed by atoms with Crippen LogP contribution >= 0.6 is 42.1 Å². The number of nitrogens with zero attached hydrogens (tertiary/aromatic N) is 13. The molecule has 4 aromatic carbocycles. The van der Waals surface area contributed by atoms with Crippen LogP contribution in [0.3, 0.4) is 0 Å². The average molecular weight is 1780 g/mol. The Hall–Kier alpha value is -10.6. The molecule has 4 saturated heterocycles. The fraction of sp³-hybridized carbons (Fsp3) is 0.392. The van der Waals surface area contributed by atoms with Crippen LogP contribution in [0.4, 0.5) is 23.8 Å². The Labute approximate surface area is 698 Å². The number of nitriles is 1. The first-order chi connectivity index (χ1) is 58.7. The number of aromatic nitrogens is 16. The van der Waals surface area contributed by atoms with Gasteiger partial charge in [-0.05, 0) is 102 Å². The summed E-state index contributed by atoms with van der Waals surface area (Å²) in [5, 5.41) is 8.90. The second-order valence-corrected chi connectivity index (χ2v) is 36.3. The molecule has 0 amide bonds. The number of ether oxygens (including phenoxy) is 6. The van der Waals surface area contributed by atoms with Gasteiger partial charge in [-0.1, -0.05) is 36.4 Å². The standard InChI is InChI=1S/2C19H24N5O6P.C18H19N6O5P.C18H22N5O5PS/c2*1-12-9-13(3-4-14(12)27-2)15-5-7-29-31(26,30-15)11-28-8-6-24-10-21-16-17(24)22-19(20)23-18(16)25;19-9-12-1-3-13(4-2-12)14-5-7-28-30(26,29-14)11-27-8-6-24-10-21-15-16(24)22-18(20)23-17(15)25;1-30-13-4-2-12(3-5-13)14-6-8-27-29(25,28-14)11-26-9-7-23-10-20-15-16(23)21-18(19)22-17(15)24/h2*3-4,9-10,15H,5-8,11H2,1-2H3,(H3,20,22,23,25);1-4,10,14H,5-8,11H2,(H3,20,22,23,25);2-5,10,14H,6-9,11H2,1H3,(H3,19,21,22,24). The molecule has 4 aliphatic rings. The number of aryl methyl sites for hydroxylation is 2. The first kappa shape index (κ1) is 89.1. The van der Waals surface area contributed by atoms with E-state index >= 15 is 0 Å². The molecule has 0 bridgehead atoms. The molecule has 0 saturated carbocycles. The monoisotopic (exact) mass is 1780 g/mol. The fourth-order valence-corrected chi connectivity index (χ4v) is 19.8. The Bertz CT molecular complexity index is 6010. The van der Waals surface area contributed by atoms with E-state index in [1.165, 1.54) is 25.3 Å². The molecule has 16 rings (SSSR count). The molecule has 0 aliphatic carbocycles. The van der Waals surface area contributed by atoms with Crippen LogP contribution in [-0.4, -0.2) is 177 Å². The topological polar surface area (TPSA) is 580 Å². The zero-order valence-corrected chi connectivity index (χ0v) is 71.0. The molecule has 4 fully saturated rings. The lowest BCUT2D eigenvalue weighted by molar-refractivity contribution is 0.0559. The van der Waals surface area contributed by atoms with Crippen molar-refractivity contribution < 1.29 is 82.9 Å². The van der Waals surface area contributed by atoms with E-state index in [0.717, 1.165) is 49.8 Å². The van der Waals surface area contributed by atoms with Gasteiger partial charge in [0.15, 0.2) is 44.7 Å². The molecule has 12 heterocycles. The molecule has 122 heavy (non-hydrogen) atoms. The highest BCUT2D eigenvalue weighted by molar-refractivity contribution is 7.98. The van der Waals surface area contributed by atoms with E-state index in [4.69, 9.17) is 92.8 Å². The summed E-state index contributed by atoms with van der Waals surface area (Å²) in [5.41, 5.74) is 29.0. The van der Waals surface area contributed by atoms with Crippen LogP contribution in [0.5, 0.6) is 11.5 Å². The van der Waals surface area contributed by atoms with Crippen LogP contribution in [0.25, 0.3) is 44.7 Å². The highest BCUT2D eigenvalue weighted by Crippen LogP contribution is 2.59. The SMILES string of the molecule is COc1ccc(C2CCOP(=O)(COCCn3cnc4c(=O)[nH]c(N)nc43)O2)cc1C.COc1ccc(C2CCOP(=O)(COCCn3cnc4c(=O)[nH]c(N)nc43)O2)cc1C.CSc1ccc(C2CCOP(=O)(COCCn3cnc4c(=O)[nH]c(N)nc43)O2)cc1.N#Cc1ccc(C2CCOP(=O)(COCCn3cnc4c(=O)[nH]c(N)nc43)O2)cc1. The number of H-pyrrole nitrogens is 4. The lowest BCUT2D eigenvalue weighted by Gasteiger charge is -2.30. The quantitative estimate of drug-likeness (QED) is 0.0135. The number of methoxy groups -OCH3 is 2. The smallest absolute Gasteiger partial charge is 0.356 e. The van der Waals surface area contributed by atoms with Crippen LogP contribution in [0.1, 0.15) is 89.0 Å². The molecule has 8 aromatic heterocycles.